The maximum Gasteiger partial charge on any atom is 0.135 e. The van der Waals surface area contributed by atoms with E-state index >= 15 is 0 Å². The SMILES string of the molecule is Cc1ccc(N(C2=CC=C(Br)C(C)C2)c2ccc3oc4ccc(N(c5ccc(C)cc5)c5ccc(Br)cc5)cc4c3c2)cc1. The van der Waals surface area contributed by atoms with Gasteiger partial charge in [-0.25, -0.2) is 0 Å². The lowest BCUT2D eigenvalue weighted by atomic mass is 9.98. The van der Waals surface area contributed by atoms with Crippen LogP contribution in [0, 0.1) is 19.8 Å². The first kappa shape index (κ1) is 28.7. The Morgan fingerprint density at radius 1 is 0.568 bits per heavy atom. The molecule has 0 amide bonds. The molecule has 1 aliphatic rings. The third-order valence-corrected chi connectivity index (χ3v) is 9.90. The highest BCUT2D eigenvalue weighted by atomic mass is 79.9. The molecule has 0 saturated heterocycles. The summed E-state index contributed by atoms with van der Waals surface area (Å²) >= 11 is 7.35. The van der Waals surface area contributed by atoms with Gasteiger partial charge in [-0.3, -0.25) is 0 Å². The van der Waals surface area contributed by atoms with E-state index in [-0.39, 0.29) is 0 Å². The second-order valence-electron chi connectivity index (χ2n) is 11.6. The number of halogens is 2. The smallest absolute Gasteiger partial charge is 0.135 e. The molecule has 44 heavy (non-hydrogen) atoms. The summed E-state index contributed by atoms with van der Waals surface area (Å²) in [6.45, 7) is 6.51. The molecule has 0 spiro atoms. The highest BCUT2D eigenvalue weighted by Crippen LogP contribution is 2.42. The molecule has 0 radical (unpaired) electrons. The Morgan fingerprint density at radius 2 is 1.02 bits per heavy atom. The van der Waals surface area contributed by atoms with Gasteiger partial charge in [0.1, 0.15) is 11.2 Å². The van der Waals surface area contributed by atoms with E-state index in [1.165, 1.54) is 21.3 Å². The molecule has 6 aromatic rings. The maximum atomic E-state index is 6.39. The number of anilines is 5. The number of aryl methyl sites for hydroxylation is 2. The fourth-order valence-electron chi connectivity index (χ4n) is 5.92. The third kappa shape index (κ3) is 5.51. The van der Waals surface area contributed by atoms with Gasteiger partial charge in [0.15, 0.2) is 0 Å². The Morgan fingerprint density at radius 3 is 1.55 bits per heavy atom. The largest absolute Gasteiger partial charge is 0.456 e. The molecule has 1 heterocycles. The summed E-state index contributed by atoms with van der Waals surface area (Å²) in [5.74, 6) is 0.412. The van der Waals surface area contributed by atoms with Gasteiger partial charge in [-0.1, -0.05) is 80.3 Å². The zero-order valence-corrected chi connectivity index (χ0v) is 28.1. The molecule has 1 atom stereocenters. The highest BCUT2D eigenvalue weighted by Gasteiger charge is 2.22. The van der Waals surface area contributed by atoms with Crippen LogP contribution in [-0.4, -0.2) is 0 Å². The fourth-order valence-corrected chi connectivity index (χ4v) is 6.48. The molecule has 1 aromatic heterocycles. The Bertz CT molecular complexity index is 1990. The monoisotopic (exact) mass is 702 g/mol. The van der Waals surface area contributed by atoms with E-state index < -0.39 is 0 Å². The van der Waals surface area contributed by atoms with Crippen molar-refractivity contribution in [3.63, 3.8) is 0 Å². The first-order chi connectivity index (χ1) is 21.3. The molecule has 3 nitrogen and oxygen atoms in total. The standard InChI is InChI=1S/C39H32Br2N2O/c1-25-4-10-29(11-5-25)42(31-14-8-28(40)9-15-31)33-17-20-38-35(23-33)36-24-34(18-21-39(36)44-38)43(30-12-6-26(2)7-13-30)32-16-19-37(41)27(3)22-32/h4-21,23-24,27H,22H2,1-3H3. The molecule has 1 aliphatic carbocycles. The number of fused-ring (bicyclic) bond motifs is 3. The number of rotatable bonds is 6. The Hall–Kier alpha value is -4.06. The van der Waals surface area contributed by atoms with Crippen LogP contribution in [0.1, 0.15) is 24.5 Å². The van der Waals surface area contributed by atoms with Crippen molar-refractivity contribution in [3.8, 4) is 0 Å². The number of hydrogen-bond acceptors (Lipinski definition) is 3. The lowest BCUT2D eigenvalue weighted by Gasteiger charge is -2.31. The summed E-state index contributed by atoms with van der Waals surface area (Å²) in [4.78, 5) is 4.68. The molecule has 0 fully saturated rings. The van der Waals surface area contributed by atoms with Gasteiger partial charge in [0.05, 0.1) is 0 Å². The van der Waals surface area contributed by atoms with Crippen LogP contribution in [0.3, 0.4) is 0 Å². The van der Waals surface area contributed by atoms with Gasteiger partial charge in [-0.05, 0) is 122 Å². The Labute approximate surface area is 275 Å². The second kappa shape index (κ2) is 11.8. The molecule has 0 bridgehead atoms. The van der Waals surface area contributed by atoms with Gasteiger partial charge in [0.25, 0.3) is 0 Å². The lowest BCUT2D eigenvalue weighted by molar-refractivity contribution is 0.668. The molecule has 1 unspecified atom stereocenters. The van der Waals surface area contributed by atoms with Gasteiger partial charge in [0, 0.05) is 49.4 Å². The van der Waals surface area contributed by atoms with E-state index in [4.69, 9.17) is 4.42 Å². The summed E-state index contributed by atoms with van der Waals surface area (Å²) in [6.07, 6.45) is 5.36. The molecule has 0 N–H and O–H groups in total. The van der Waals surface area contributed by atoms with Gasteiger partial charge < -0.3 is 14.2 Å². The number of furan rings is 1. The fraction of sp³-hybridized carbons (Fsp3) is 0.128. The predicted molar refractivity (Wildman–Crippen MR) is 193 cm³/mol. The van der Waals surface area contributed by atoms with Crippen molar-refractivity contribution in [1.29, 1.82) is 0 Å². The summed E-state index contributed by atoms with van der Waals surface area (Å²) in [7, 11) is 0. The lowest BCUT2D eigenvalue weighted by Crippen LogP contribution is -2.20. The average Bonchev–Trinajstić information content (AvgIpc) is 3.39. The molecule has 5 aromatic carbocycles. The van der Waals surface area contributed by atoms with Crippen LogP contribution in [0.25, 0.3) is 21.9 Å². The molecule has 0 saturated carbocycles. The van der Waals surface area contributed by atoms with Crippen molar-refractivity contribution in [3.05, 3.63) is 147 Å². The number of hydrogen-bond donors (Lipinski definition) is 0. The van der Waals surface area contributed by atoms with E-state index in [1.54, 1.807) is 0 Å². The minimum Gasteiger partial charge on any atom is -0.456 e. The van der Waals surface area contributed by atoms with Crippen LogP contribution in [0.15, 0.2) is 140 Å². The molecule has 218 valence electrons. The number of allylic oxidation sites excluding steroid dienone is 4. The topological polar surface area (TPSA) is 19.6 Å². The summed E-state index contributed by atoms with van der Waals surface area (Å²) in [6, 6.07) is 39.0. The molecular weight excluding hydrogens is 672 g/mol. The van der Waals surface area contributed by atoms with E-state index in [0.29, 0.717) is 5.92 Å². The van der Waals surface area contributed by atoms with Crippen molar-refractivity contribution < 1.29 is 4.42 Å². The van der Waals surface area contributed by atoms with Gasteiger partial charge in [-0.2, -0.15) is 0 Å². The maximum absolute atomic E-state index is 6.39. The first-order valence-electron chi connectivity index (χ1n) is 14.9. The zero-order chi connectivity index (χ0) is 30.4. The van der Waals surface area contributed by atoms with Crippen molar-refractivity contribution in [2.75, 3.05) is 9.80 Å². The van der Waals surface area contributed by atoms with Crippen LogP contribution in [0.4, 0.5) is 28.4 Å². The predicted octanol–water partition coefficient (Wildman–Crippen LogP) is 12.8. The van der Waals surface area contributed by atoms with Gasteiger partial charge in [0.2, 0.25) is 0 Å². The summed E-state index contributed by atoms with van der Waals surface area (Å²) < 4.78 is 8.68. The van der Waals surface area contributed by atoms with E-state index in [1.807, 2.05) is 0 Å². The van der Waals surface area contributed by atoms with Crippen LogP contribution < -0.4 is 9.80 Å². The van der Waals surface area contributed by atoms with Gasteiger partial charge >= 0.3 is 0 Å². The van der Waals surface area contributed by atoms with E-state index in [2.05, 4.69) is 184 Å². The van der Waals surface area contributed by atoms with Crippen LogP contribution in [0.2, 0.25) is 0 Å². The van der Waals surface area contributed by atoms with Crippen LogP contribution in [-0.2, 0) is 0 Å². The van der Waals surface area contributed by atoms with Gasteiger partial charge in [-0.15, -0.1) is 0 Å². The molecular formula is C39H32Br2N2O. The van der Waals surface area contributed by atoms with E-state index in [0.717, 1.165) is 61.3 Å². The van der Waals surface area contributed by atoms with Crippen molar-refractivity contribution >= 4 is 82.2 Å². The molecule has 5 heteroatoms. The first-order valence-corrected chi connectivity index (χ1v) is 16.4. The van der Waals surface area contributed by atoms with Crippen LogP contribution in [0.5, 0.6) is 0 Å². The molecule has 0 aliphatic heterocycles. The van der Waals surface area contributed by atoms with Crippen LogP contribution >= 0.6 is 31.9 Å². The van der Waals surface area contributed by atoms with E-state index in [9.17, 15) is 0 Å². The second-order valence-corrected chi connectivity index (χ2v) is 13.4. The quantitative estimate of drug-likeness (QED) is 0.172. The third-order valence-electron chi connectivity index (χ3n) is 8.33. The van der Waals surface area contributed by atoms with Crippen molar-refractivity contribution in [2.24, 2.45) is 5.92 Å². The minimum absolute atomic E-state index is 0.412. The van der Waals surface area contributed by atoms with Crippen molar-refractivity contribution in [2.45, 2.75) is 27.2 Å². The summed E-state index contributed by atoms with van der Waals surface area (Å²) in [5.41, 5.74) is 11.0. The normalized spacial score (nSPS) is 14.9. The Kier molecular flexibility index (Phi) is 7.69. The number of nitrogens with zero attached hydrogens (tertiary/aromatic N) is 2. The highest BCUT2D eigenvalue weighted by molar-refractivity contribution is 9.11. The van der Waals surface area contributed by atoms with Crippen molar-refractivity contribution in [1.82, 2.24) is 0 Å². The summed E-state index contributed by atoms with van der Waals surface area (Å²) in [5, 5.41) is 2.18. The average molecular weight is 705 g/mol. The zero-order valence-electron chi connectivity index (χ0n) is 24.9. The molecule has 7 rings (SSSR count). The Balaban J connectivity index is 1.38. The minimum atomic E-state index is 0.412. The number of benzene rings is 5.